The zero-order chi connectivity index (χ0) is 26.6. The van der Waals surface area contributed by atoms with Gasteiger partial charge in [0.25, 0.3) is 5.91 Å². The number of hydrogen-bond acceptors (Lipinski definition) is 5. The van der Waals surface area contributed by atoms with Crippen molar-refractivity contribution < 1.29 is 18.7 Å². The Morgan fingerprint density at radius 3 is 2.58 bits per heavy atom. The lowest BCUT2D eigenvalue weighted by atomic mass is 10.1. The molecule has 0 radical (unpaired) electrons. The average Bonchev–Trinajstić information content (AvgIpc) is 3.52. The highest BCUT2D eigenvalue weighted by Crippen LogP contribution is 2.35. The summed E-state index contributed by atoms with van der Waals surface area (Å²) in [4.78, 5) is 25.5. The van der Waals surface area contributed by atoms with E-state index in [4.69, 9.17) is 9.84 Å². The molecule has 1 aromatic heterocycles. The van der Waals surface area contributed by atoms with Gasteiger partial charge in [0.05, 0.1) is 17.1 Å². The predicted molar refractivity (Wildman–Crippen MR) is 148 cm³/mol. The fourth-order valence-electron chi connectivity index (χ4n) is 4.51. The molecule has 2 N–H and O–H groups in total. The molecule has 0 spiro atoms. The Bertz CT molecular complexity index is 1460. The summed E-state index contributed by atoms with van der Waals surface area (Å²) in [7, 11) is 4.44. The Hall–Kier alpha value is -4.07. The molecule has 38 heavy (non-hydrogen) atoms. The maximum Gasteiger partial charge on any atom is 0.250 e. The molecule has 2 unspecified atom stereocenters. The molecule has 0 aliphatic carbocycles. The van der Waals surface area contributed by atoms with Crippen LogP contribution < -0.4 is 15.9 Å². The van der Waals surface area contributed by atoms with Gasteiger partial charge in [0.1, 0.15) is 18.1 Å². The van der Waals surface area contributed by atoms with Crippen LogP contribution in [-0.2, 0) is 20.7 Å². The number of halogens is 1. The van der Waals surface area contributed by atoms with Gasteiger partial charge >= 0.3 is 0 Å². The highest BCUT2D eigenvalue weighted by molar-refractivity contribution is 7.27. The van der Waals surface area contributed by atoms with E-state index in [0.717, 1.165) is 33.4 Å². The van der Waals surface area contributed by atoms with Crippen LogP contribution in [0.15, 0.2) is 72.9 Å². The maximum atomic E-state index is 13.7. The number of rotatable bonds is 9. The Labute approximate surface area is 222 Å². The van der Waals surface area contributed by atoms with Crippen molar-refractivity contribution in [1.29, 1.82) is 0 Å². The van der Waals surface area contributed by atoms with Crippen molar-refractivity contribution >= 4 is 38.2 Å². The van der Waals surface area contributed by atoms with Crippen molar-refractivity contribution in [1.82, 2.24) is 14.7 Å². The van der Waals surface area contributed by atoms with Crippen molar-refractivity contribution in [2.24, 2.45) is 0 Å². The monoisotopic (exact) mass is 531 g/mol. The maximum absolute atomic E-state index is 13.7. The first kappa shape index (κ1) is 25.6. The molecule has 194 valence electrons. The van der Waals surface area contributed by atoms with Crippen LogP contribution in [0, 0.1) is 5.82 Å². The quantitative estimate of drug-likeness (QED) is 0.253. The van der Waals surface area contributed by atoms with E-state index in [9.17, 15) is 14.0 Å². The largest absolute Gasteiger partial charge is 0.386 e. The topological polar surface area (TPSA) is 88.5 Å². The summed E-state index contributed by atoms with van der Waals surface area (Å²) in [5, 5.41) is 11.6. The number of carbonyl (C=O) groups is 2. The molecular formula is C28H27FN5O3P. The SMILES string of the molecule is CNc1cc(CCN2C(=O)COC2c2cn(-c3ccc(P)cc3)nc2-c2ccc(F)cc2)ccc1NC=O. The van der Waals surface area contributed by atoms with Crippen molar-refractivity contribution in [3.05, 3.63) is 89.9 Å². The van der Waals surface area contributed by atoms with E-state index in [1.54, 1.807) is 28.8 Å². The molecule has 1 aliphatic heterocycles. The van der Waals surface area contributed by atoms with Crippen LogP contribution in [0.2, 0.25) is 0 Å². The van der Waals surface area contributed by atoms with E-state index < -0.39 is 6.23 Å². The Morgan fingerprint density at radius 1 is 1.11 bits per heavy atom. The second kappa shape index (κ2) is 11.1. The van der Waals surface area contributed by atoms with E-state index in [0.29, 0.717) is 30.8 Å². The van der Waals surface area contributed by atoms with E-state index >= 15 is 0 Å². The minimum atomic E-state index is -0.642. The predicted octanol–water partition coefficient (Wildman–Crippen LogP) is 3.89. The van der Waals surface area contributed by atoms with Crippen LogP contribution >= 0.6 is 9.24 Å². The molecule has 8 nitrogen and oxygen atoms in total. The minimum absolute atomic E-state index is 0.0373. The van der Waals surface area contributed by atoms with Gasteiger partial charge in [-0.25, -0.2) is 9.07 Å². The van der Waals surface area contributed by atoms with Gasteiger partial charge in [0, 0.05) is 30.9 Å². The van der Waals surface area contributed by atoms with Gasteiger partial charge in [0.15, 0.2) is 6.23 Å². The number of nitrogens with zero attached hydrogens (tertiary/aromatic N) is 3. The molecule has 2 heterocycles. The van der Waals surface area contributed by atoms with Crippen LogP contribution in [0.1, 0.15) is 17.4 Å². The first-order chi connectivity index (χ1) is 18.5. The highest BCUT2D eigenvalue weighted by atomic mass is 31.0. The van der Waals surface area contributed by atoms with Gasteiger partial charge in [-0.2, -0.15) is 5.10 Å². The Kier molecular flexibility index (Phi) is 7.49. The number of benzene rings is 3. The number of aromatic nitrogens is 2. The van der Waals surface area contributed by atoms with Gasteiger partial charge in [-0.05, 0) is 65.8 Å². The Balaban J connectivity index is 1.46. The zero-order valence-electron chi connectivity index (χ0n) is 20.7. The fourth-order valence-corrected chi connectivity index (χ4v) is 4.70. The highest BCUT2D eigenvalue weighted by Gasteiger charge is 2.36. The first-order valence-electron chi connectivity index (χ1n) is 12.1. The summed E-state index contributed by atoms with van der Waals surface area (Å²) < 4.78 is 21.4. The molecule has 1 aliphatic rings. The molecular weight excluding hydrogens is 504 g/mol. The van der Waals surface area contributed by atoms with Crippen LogP contribution in [-0.4, -0.2) is 47.2 Å². The molecule has 5 rings (SSSR count). The number of nitrogens with one attached hydrogen (secondary N) is 2. The third-order valence-electron chi connectivity index (χ3n) is 6.46. The van der Waals surface area contributed by atoms with Crippen molar-refractivity contribution in [3.63, 3.8) is 0 Å². The molecule has 4 aromatic rings. The fraction of sp³-hybridized carbons (Fsp3) is 0.179. The Morgan fingerprint density at radius 2 is 1.87 bits per heavy atom. The van der Waals surface area contributed by atoms with Gasteiger partial charge < -0.3 is 20.3 Å². The van der Waals surface area contributed by atoms with Crippen molar-refractivity contribution in [3.8, 4) is 16.9 Å². The third kappa shape index (κ3) is 5.30. The summed E-state index contributed by atoms with van der Waals surface area (Å²) in [6.07, 6.45) is 2.44. The third-order valence-corrected chi connectivity index (χ3v) is 6.85. The lowest BCUT2D eigenvalue weighted by molar-refractivity contribution is -0.128. The number of anilines is 2. The molecule has 0 bridgehead atoms. The average molecular weight is 532 g/mol. The van der Waals surface area contributed by atoms with Crippen molar-refractivity contribution in [2.75, 3.05) is 30.8 Å². The van der Waals surface area contributed by atoms with E-state index in [1.807, 2.05) is 48.7 Å². The number of carbonyl (C=O) groups excluding carboxylic acids is 2. The van der Waals surface area contributed by atoms with Crippen LogP contribution in [0.5, 0.6) is 0 Å². The number of amides is 2. The lowest BCUT2D eigenvalue weighted by Crippen LogP contribution is -2.30. The van der Waals surface area contributed by atoms with Crippen molar-refractivity contribution in [2.45, 2.75) is 12.6 Å². The summed E-state index contributed by atoms with van der Waals surface area (Å²) in [6, 6.07) is 19.7. The summed E-state index contributed by atoms with van der Waals surface area (Å²) >= 11 is 0. The lowest BCUT2D eigenvalue weighted by Gasteiger charge is -2.23. The molecule has 3 aromatic carbocycles. The van der Waals surface area contributed by atoms with Gasteiger partial charge in [-0.15, -0.1) is 9.24 Å². The smallest absolute Gasteiger partial charge is 0.250 e. The van der Waals surface area contributed by atoms with Gasteiger partial charge in [0.2, 0.25) is 6.41 Å². The molecule has 1 saturated heterocycles. The number of ether oxygens (including phenoxy) is 1. The molecule has 0 saturated carbocycles. The van der Waals surface area contributed by atoms with E-state index in [2.05, 4.69) is 19.9 Å². The zero-order valence-corrected chi connectivity index (χ0v) is 21.9. The normalized spacial score (nSPS) is 15.1. The minimum Gasteiger partial charge on any atom is -0.386 e. The van der Waals surface area contributed by atoms with Gasteiger partial charge in [-0.1, -0.05) is 18.2 Å². The first-order valence-corrected chi connectivity index (χ1v) is 12.7. The van der Waals surface area contributed by atoms with Gasteiger partial charge in [-0.3, -0.25) is 9.59 Å². The standard InChI is InChI=1S/C28H27FN5O3P/c1-30-25-14-18(2-11-24(25)31-17-35)12-13-33-26(36)16-37-28(33)23-15-34(21-7-9-22(38)10-8-21)32-27(23)19-3-5-20(29)6-4-19/h2-11,14-15,17,28,30H,12-13,16,38H2,1H3,(H,31,35). The van der Waals surface area contributed by atoms with Crippen LogP contribution in [0.3, 0.4) is 0 Å². The second-order valence-corrected chi connectivity index (χ2v) is 9.54. The van der Waals surface area contributed by atoms with Crippen LogP contribution in [0.25, 0.3) is 16.9 Å². The summed E-state index contributed by atoms with van der Waals surface area (Å²) in [6.45, 7) is 0.382. The second-order valence-electron chi connectivity index (χ2n) is 8.87. The van der Waals surface area contributed by atoms with Crippen LogP contribution in [0.4, 0.5) is 15.8 Å². The van der Waals surface area contributed by atoms with E-state index in [1.165, 1.54) is 12.1 Å². The summed E-state index contributed by atoms with van der Waals surface area (Å²) in [5.41, 5.74) is 5.37. The molecule has 2 amide bonds. The molecule has 2 atom stereocenters. The number of hydrogen-bond donors (Lipinski definition) is 2. The molecule has 10 heteroatoms. The molecule has 1 fully saturated rings. The summed E-state index contributed by atoms with van der Waals surface area (Å²) in [5.74, 6) is -0.455. The van der Waals surface area contributed by atoms with E-state index in [-0.39, 0.29) is 18.3 Å².